The number of hydrogen-bond acceptors (Lipinski definition) is 7. The number of halogens is 1. The van der Waals surface area contributed by atoms with E-state index in [0.29, 0.717) is 44.9 Å². The van der Waals surface area contributed by atoms with Crippen molar-refractivity contribution in [2.45, 2.75) is 26.7 Å². The first-order chi connectivity index (χ1) is 15.8. The summed E-state index contributed by atoms with van der Waals surface area (Å²) in [4.78, 5) is 30.2. The summed E-state index contributed by atoms with van der Waals surface area (Å²) in [6.45, 7) is 5.61. The molecule has 1 aliphatic rings. The van der Waals surface area contributed by atoms with Gasteiger partial charge in [-0.1, -0.05) is 24.6 Å². The number of carbonyl (C=O) groups is 1. The molecule has 0 radical (unpaired) electrons. The average molecular weight is 467 g/mol. The van der Waals surface area contributed by atoms with Gasteiger partial charge in [0.15, 0.2) is 0 Å². The summed E-state index contributed by atoms with van der Waals surface area (Å²) in [5.74, 6) is -0.0991. The van der Waals surface area contributed by atoms with E-state index in [2.05, 4.69) is 15.6 Å². The lowest BCUT2D eigenvalue weighted by Gasteiger charge is -2.30. The summed E-state index contributed by atoms with van der Waals surface area (Å²) < 4.78 is 6.65. The van der Waals surface area contributed by atoms with Crippen LogP contribution in [0.4, 0.5) is 17.3 Å². The minimum atomic E-state index is -0.553. The molecule has 1 atom stereocenters. The third kappa shape index (κ3) is 4.29. The Labute approximate surface area is 195 Å². The molecule has 9 heteroatoms. The molecule has 0 saturated carbocycles. The van der Waals surface area contributed by atoms with Crippen LogP contribution in [0.3, 0.4) is 0 Å². The predicted octanol–water partition coefficient (Wildman–Crippen LogP) is 4.70. The molecular formula is C24H23ClN4O4. The largest absolute Gasteiger partial charge is 0.508 e. The second kappa shape index (κ2) is 8.99. The van der Waals surface area contributed by atoms with Crippen LogP contribution in [0, 0.1) is 0 Å². The zero-order chi connectivity index (χ0) is 23.7. The van der Waals surface area contributed by atoms with Gasteiger partial charge >= 0.3 is 11.7 Å². The van der Waals surface area contributed by atoms with Crippen LogP contribution in [0.5, 0.6) is 5.75 Å². The number of hydrogen-bond donors (Lipinski definition) is 3. The van der Waals surface area contributed by atoms with Gasteiger partial charge in [-0.3, -0.25) is 0 Å². The number of nitrogens with one attached hydrogen (secondary N) is 2. The average Bonchev–Trinajstić information content (AvgIpc) is 2.75. The van der Waals surface area contributed by atoms with Crippen LogP contribution >= 0.6 is 11.6 Å². The van der Waals surface area contributed by atoms with Gasteiger partial charge < -0.3 is 20.5 Å². The number of aromatic nitrogens is 2. The molecule has 1 aromatic heterocycles. The predicted molar refractivity (Wildman–Crippen MR) is 128 cm³/mol. The lowest BCUT2D eigenvalue weighted by Crippen LogP contribution is -2.32. The van der Waals surface area contributed by atoms with E-state index in [-0.39, 0.29) is 12.4 Å². The molecule has 8 nitrogen and oxygen atoms in total. The van der Waals surface area contributed by atoms with Gasteiger partial charge in [-0.15, -0.1) is 0 Å². The lowest BCUT2D eigenvalue weighted by molar-refractivity contribution is -0.138. The second-order valence-corrected chi connectivity index (χ2v) is 8.03. The Bertz CT molecular complexity index is 1320. The number of benzene rings is 2. The van der Waals surface area contributed by atoms with Crippen molar-refractivity contribution in [3.8, 4) is 11.4 Å². The van der Waals surface area contributed by atoms with Crippen molar-refractivity contribution in [3.05, 3.63) is 80.9 Å². The van der Waals surface area contributed by atoms with Gasteiger partial charge in [-0.05, 0) is 50.2 Å². The molecule has 0 spiro atoms. The first-order valence-electron chi connectivity index (χ1n) is 10.4. The molecule has 0 bridgehead atoms. The normalized spacial score (nSPS) is 15.0. The van der Waals surface area contributed by atoms with Gasteiger partial charge in [0.1, 0.15) is 17.4 Å². The highest BCUT2D eigenvalue weighted by atomic mass is 35.5. The number of aromatic hydroxyl groups is 1. The first kappa shape index (κ1) is 22.4. The highest BCUT2D eigenvalue weighted by Crippen LogP contribution is 2.42. The topological polar surface area (TPSA) is 105 Å². The van der Waals surface area contributed by atoms with Crippen LogP contribution in [-0.4, -0.2) is 27.2 Å². The quantitative estimate of drug-likeness (QED) is 0.468. The zero-order valence-corrected chi connectivity index (χ0v) is 19.1. The summed E-state index contributed by atoms with van der Waals surface area (Å²) in [6.07, 6.45) is 0. The Morgan fingerprint density at radius 2 is 2.00 bits per heavy atom. The van der Waals surface area contributed by atoms with Crippen LogP contribution in [0.1, 0.15) is 32.3 Å². The van der Waals surface area contributed by atoms with Gasteiger partial charge in [-0.2, -0.15) is 4.98 Å². The van der Waals surface area contributed by atoms with Crippen molar-refractivity contribution < 1.29 is 14.6 Å². The fourth-order valence-electron chi connectivity index (χ4n) is 3.96. The van der Waals surface area contributed by atoms with Gasteiger partial charge in [-0.25, -0.2) is 14.2 Å². The lowest BCUT2D eigenvalue weighted by atomic mass is 9.88. The summed E-state index contributed by atoms with van der Waals surface area (Å²) in [5, 5.41) is 16.9. The number of nitrogens with zero attached hydrogens (tertiary/aromatic N) is 2. The number of phenolic OH excluding ortho intramolecular Hbond substituents is 1. The third-order valence-corrected chi connectivity index (χ3v) is 5.65. The van der Waals surface area contributed by atoms with E-state index in [9.17, 15) is 14.7 Å². The maximum Gasteiger partial charge on any atom is 0.355 e. The number of ether oxygens (including phenoxy) is 1. The Kier molecular flexibility index (Phi) is 6.11. The van der Waals surface area contributed by atoms with E-state index < -0.39 is 17.6 Å². The van der Waals surface area contributed by atoms with Crippen LogP contribution in [0.15, 0.2) is 64.6 Å². The second-order valence-electron chi connectivity index (χ2n) is 7.60. The van der Waals surface area contributed by atoms with Crippen LogP contribution in [0.2, 0.25) is 5.02 Å². The van der Waals surface area contributed by atoms with E-state index in [0.717, 1.165) is 0 Å². The van der Waals surface area contributed by atoms with Gasteiger partial charge in [0, 0.05) is 34.0 Å². The smallest absolute Gasteiger partial charge is 0.355 e. The third-order valence-electron chi connectivity index (χ3n) is 5.40. The van der Waals surface area contributed by atoms with Crippen molar-refractivity contribution in [2.75, 3.05) is 17.2 Å². The number of esters is 1. The van der Waals surface area contributed by atoms with Crippen LogP contribution in [-0.2, 0) is 9.53 Å². The standard InChI is InChI=1S/C24H23ClN4O4/c1-4-33-23(31)19-13(2)20-21(27-16-10-8-15(25)9-11-16)28-24(32)29(22(20)26-14(19)3)17-6-5-7-18(30)12-17/h5-13,26,30H,4H2,1-3H3,(H,27,28,32). The maximum atomic E-state index is 13.2. The van der Waals surface area contributed by atoms with E-state index in [1.807, 2.05) is 6.92 Å². The molecule has 4 rings (SSSR count). The SMILES string of the molecule is CCOC(=O)C1=C(C)Nc2c(c(Nc3ccc(Cl)cc3)nc(=O)n2-c2cccc(O)c2)C1C. The molecule has 0 amide bonds. The molecule has 0 aliphatic carbocycles. The van der Waals surface area contributed by atoms with Crippen LogP contribution in [0.25, 0.3) is 5.69 Å². The Morgan fingerprint density at radius 1 is 1.27 bits per heavy atom. The molecule has 1 aliphatic heterocycles. The Hall–Kier alpha value is -3.78. The highest BCUT2D eigenvalue weighted by molar-refractivity contribution is 6.30. The van der Waals surface area contributed by atoms with Crippen LogP contribution < -0.4 is 16.3 Å². The minimum Gasteiger partial charge on any atom is -0.508 e. The summed E-state index contributed by atoms with van der Waals surface area (Å²) in [7, 11) is 0. The fourth-order valence-corrected chi connectivity index (χ4v) is 4.08. The molecule has 3 N–H and O–H groups in total. The number of allylic oxidation sites excluding steroid dienone is 1. The summed E-state index contributed by atoms with van der Waals surface area (Å²) in [5.41, 5.74) is 2.20. The molecule has 1 unspecified atom stereocenters. The fraction of sp³-hybridized carbons (Fsp3) is 0.208. The molecule has 170 valence electrons. The van der Waals surface area contributed by atoms with E-state index >= 15 is 0 Å². The molecular weight excluding hydrogens is 444 g/mol. The highest BCUT2D eigenvalue weighted by Gasteiger charge is 2.34. The number of carbonyl (C=O) groups excluding carboxylic acids is 1. The number of phenols is 1. The summed E-state index contributed by atoms with van der Waals surface area (Å²) >= 11 is 5.99. The van der Waals surface area contributed by atoms with Crippen molar-refractivity contribution >= 4 is 34.9 Å². The minimum absolute atomic E-state index is 0.0138. The van der Waals surface area contributed by atoms with Crippen molar-refractivity contribution in [2.24, 2.45) is 0 Å². The monoisotopic (exact) mass is 466 g/mol. The summed E-state index contributed by atoms with van der Waals surface area (Å²) in [6, 6.07) is 13.3. The van der Waals surface area contributed by atoms with Gasteiger partial charge in [0.05, 0.1) is 17.9 Å². The molecule has 2 heterocycles. The number of fused-ring (bicyclic) bond motifs is 1. The zero-order valence-electron chi connectivity index (χ0n) is 18.3. The van der Waals surface area contributed by atoms with Gasteiger partial charge in [0.25, 0.3) is 0 Å². The van der Waals surface area contributed by atoms with Crippen molar-refractivity contribution in [1.29, 1.82) is 0 Å². The maximum absolute atomic E-state index is 13.2. The Balaban J connectivity index is 1.93. The molecule has 33 heavy (non-hydrogen) atoms. The van der Waals surface area contributed by atoms with E-state index in [1.165, 1.54) is 16.7 Å². The number of anilines is 3. The number of rotatable bonds is 5. The molecule has 0 fully saturated rings. The first-order valence-corrected chi connectivity index (χ1v) is 10.8. The van der Waals surface area contributed by atoms with E-state index in [4.69, 9.17) is 16.3 Å². The van der Waals surface area contributed by atoms with E-state index in [1.54, 1.807) is 50.2 Å². The molecule has 2 aromatic carbocycles. The molecule has 3 aromatic rings. The van der Waals surface area contributed by atoms with Gasteiger partial charge in [0.2, 0.25) is 0 Å². The van der Waals surface area contributed by atoms with Crippen molar-refractivity contribution in [3.63, 3.8) is 0 Å². The van der Waals surface area contributed by atoms with Crippen molar-refractivity contribution in [1.82, 2.24) is 9.55 Å². The molecule has 0 saturated heterocycles. The Morgan fingerprint density at radius 3 is 2.67 bits per heavy atom.